The van der Waals surface area contributed by atoms with Crippen molar-refractivity contribution < 1.29 is 18.3 Å². The highest BCUT2D eigenvalue weighted by Crippen LogP contribution is 2.24. The summed E-state index contributed by atoms with van der Waals surface area (Å²) in [5.74, 6) is -1.22. The number of nitrogens with zero attached hydrogens (tertiary/aromatic N) is 2. The lowest BCUT2D eigenvalue weighted by molar-refractivity contribution is 0.0695. The molecule has 0 fully saturated rings. The van der Waals surface area contributed by atoms with Gasteiger partial charge in [0.05, 0.1) is 10.5 Å². The van der Waals surface area contributed by atoms with E-state index in [1.807, 2.05) is 6.92 Å². The molecule has 0 saturated carbocycles. The summed E-state index contributed by atoms with van der Waals surface area (Å²) < 4.78 is 27.0. The molecule has 1 aromatic carbocycles. The van der Waals surface area contributed by atoms with Crippen LogP contribution in [0.15, 0.2) is 27.6 Å². The first kappa shape index (κ1) is 15.9. The van der Waals surface area contributed by atoms with Crippen molar-refractivity contribution >= 4 is 48.4 Å². The Morgan fingerprint density at radius 2 is 2.14 bits per heavy atom. The summed E-state index contributed by atoms with van der Waals surface area (Å²) in [5, 5.41) is 17.4. The van der Waals surface area contributed by atoms with Crippen molar-refractivity contribution in [3.05, 3.63) is 33.2 Å². The number of aryl methyl sites for hydroxylation is 1. The van der Waals surface area contributed by atoms with Gasteiger partial charge in [-0.2, -0.15) is 0 Å². The fourth-order valence-electron chi connectivity index (χ4n) is 1.45. The summed E-state index contributed by atoms with van der Waals surface area (Å²) in [6.07, 6.45) is 0.654. The van der Waals surface area contributed by atoms with E-state index in [4.69, 9.17) is 5.11 Å². The lowest BCUT2D eigenvalue weighted by atomic mass is 10.2. The molecule has 0 saturated heterocycles. The summed E-state index contributed by atoms with van der Waals surface area (Å²) in [6, 6.07) is 3.76. The van der Waals surface area contributed by atoms with Crippen LogP contribution in [0.1, 0.15) is 22.3 Å². The van der Waals surface area contributed by atoms with E-state index < -0.39 is 16.0 Å². The monoisotopic (exact) mass is 391 g/mol. The van der Waals surface area contributed by atoms with Crippen molar-refractivity contribution in [2.45, 2.75) is 18.2 Å². The van der Waals surface area contributed by atoms with Crippen LogP contribution in [0.5, 0.6) is 0 Å². The molecule has 0 unspecified atom stereocenters. The maximum Gasteiger partial charge on any atom is 0.336 e. The van der Waals surface area contributed by atoms with Gasteiger partial charge in [-0.05, 0) is 40.5 Å². The zero-order valence-corrected chi connectivity index (χ0v) is 13.9. The number of sulfonamides is 1. The standard InChI is InChI=1S/C11H10BrN3O4S2/c1-2-9-13-14-11(20-9)15-21(18,19)6-3-4-8(12)7(5-6)10(16)17/h3-5H,2H2,1H3,(H,14,15)(H,16,17). The Morgan fingerprint density at radius 1 is 1.43 bits per heavy atom. The van der Waals surface area contributed by atoms with Crippen LogP contribution in [-0.2, 0) is 16.4 Å². The van der Waals surface area contributed by atoms with Crippen LogP contribution in [0.2, 0.25) is 0 Å². The Hall–Kier alpha value is -1.52. The van der Waals surface area contributed by atoms with E-state index in [1.54, 1.807) is 0 Å². The van der Waals surface area contributed by atoms with Gasteiger partial charge in [0, 0.05) is 4.47 Å². The molecule has 0 spiro atoms. The van der Waals surface area contributed by atoms with Gasteiger partial charge in [-0.15, -0.1) is 10.2 Å². The van der Waals surface area contributed by atoms with Crippen molar-refractivity contribution in [2.24, 2.45) is 0 Å². The molecule has 10 heteroatoms. The molecule has 0 aliphatic rings. The molecule has 112 valence electrons. The molecule has 0 amide bonds. The zero-order chi connectivity index (χ0) is 15.6. The Morgan fingerprint density at radius 3 is 2.71 bits per heavy atom. The molecule has 2 N–H and O–H groups in total. The second-order valence-electron chi connectivity index (χ2n) is 3.91. The summed E-state index contributed by atoms with van der Waals surface area (Å²) in [6.45, 7) is 1.88. The third kappa shape index (κ3) is 3.57. The predicted molar refractivity (Wildman–Crippen MR) is 81.2 cm³/mol. The van der Waals surface area contributed by atoms with Gasteiger partial charge < -0.3 is 5.11 Å². The highest BCUT2D eigenvalue weighted by atomic mass is 79.9. The minimum atomic E-state index is -3.91. The summed E-state index contributed by atoms with van der Waals surface area (Å²) in [4.78, 5) is 10.9. The molecule has 0 bridgehead atoms. The average molecular weight is 392 g/mol. The molecular formula is C11H10BrN3O4S2. The minimum Gasteiger partial charge on any atom is -0.478 e. The largest absolute Gasteiger partial charge is 0.478 e. The normalized spacial score (nSPS) is 11.3. The van der Waals surface area contributed by atoms with E-state index in [1.165, 1.54) is 12.1 Å². The van der Waals surface area contributed by atoms with Gasteiger partial charge in [0.2, 0.25) is 5.13 Å². The number of carboxylic acids is 1. The van der Waals surface area contributed by atoms with Crippen LogP contribution >= 0.6 is 27.3 Å². The number of nitrogens with one attached hydrogen (secondary N) is 1. The number of aromatic carboxylic acids is 1. The molecule has 0 aliphatic heterocycles. The molecule has 7 nitrogen and oxygen atoms in total. The number of aromatic nitrogens is 2. The summed E-state index contributed by atoms with van der Waals surface area (Å²) >= 11 is 4.19. The number of benzene rings is 1. The first-order valence-corrected chi connectivity index (χ1v) is 8.81. The number of hydrogen-bond acceptors (Lipinski definition) is 6. The maximum atomic E-state index is 12.2. The molecule has 21 heavy (non-hydrogen) atoms. The average Bonchev–Trinajstić information content (AvgIpc) is 2.85. The Labute approximate surface area is 133 Å². The number of hydrogen-bond donors (Lipinski definition) is 2. The van der Waals surface area contributed by atoms with Gasteiger partial charge in [-0.3, -0.25) is 4.72 Å². The van der Waals surface area contributed by atoms with Crippen LogP contribution in [0.3, 0.4) is 0 Å². The molecule has 0 radical (unpaired) electrons. The lowest BCUT2D eigenvalue weighted by Crippen LogP contribution is -2.13. The van der Waals surface area contributed by atoms with Gasteiger partial charge in [-0.25, -0.2) is 13.2 Å². The van der Waals surface area contributed by atoms with Crippen molar-refractivity contribution in [3.8, 4) is 0 Å². The van der Waals surface area contributed by atoms with Crippen LogP contribution in [0, 0.1) is 0 Å². The molecule has 1 aromatic heterocycles. The van der Waals surface area contributed by atoms with E-state index in [2.05, 4.69) is 30.8 Å². The topological polar surface area (TPSA) is 109 Å². The lowest BCUT2D eigenvalue weighted by Gasteiger charge is -2.06. The third-order valence-electron chi connectivity index (χ3n) is 2.47. The number of rotatable bonds is 5. The second kappa shape index (κ2) is 6.08. The fourth-order valence-corrected chi connectivity index (χ4v) is 3.80. The Kier molecular flexibility index (Phi) is 4.59. The highest BCUT2D eigenvalue weighted by Gasteiger charge is 2.20. The van der Waals surface area contributed by atoms with E-state index in [-0.39, 0.29) is 15.6 Å². The molecular weight excluding hydrogens is 382 g/mol. The zero-order valence-electron chi connectivity index (χ0n) is 10.7. The molecule has 2 aromatic rings. The Balaban J connectivity index is 2.35. The number of anilines is 1. The van der Waals surface area contributed by atoms with Gasteiger partial charge in [0.25, 0.3) is 10.0 Å². The first-order chi connectivity index (χ1) is 9.83. The van der Waals surface area contributed by atoms with E-state index in [0.29, 0.717) is 15.9 Å². The molecule has 2 rings (SSSR count). The SMILES string of the molecule is CCc1nnc(NS(=O)(=O)c2ccc(Br)c(C(=O)O)c2)s1. The molecule has 0 atom stereocenters. The molecule has 0 aliphatic carbocycles. The van der Waals surface area contributed by atoms with Crippen LogP contribution < -0.4 is 4.72 Å². The fraction of sp³-hybridized carbons (Fsp3) is 0.182. The number of carbonyl (C=O) groups is 1. The van der Waals surface area contributed by atoms with Crippen LogP contribution in [0.4, 0.5) is 5.13 Å². The van der Waals surface area contributed by atoms with Crippen molar-refractivity contribution in [3.63, 3.8) is 0 Å². The van der Waals surface area contributed by atoms with Gasteiger partial charge in [-0.1, -0.05) is 18.3 Å². The van der Waals surface area contributed by atoms with Crippen molar-refractivity contribution in [2.75, 3.05) is 4.72 Å². The van der Waals surface area contributed by atoms with Gasteiger partial charge in [0.1, 0.15) is 5.01 Å². The maximum absolute atomic E-state index is 12.2. The van der Waals surface area contributed by atoms with Gasteiger partial charge in [0.15, 0.2) is 0 Å². The van der Waals surface area contributed by atoms with Crippen LogP contribution in [0.25, 0.3) is 0 Å². The van der Waals surface area contributed by atoms with E-state index in [0.717, 1.165) is 17.4 Å². The second-order valence-corrected chi connectivity index (χ2v) is 7.51. The van der Waals surface area contributed by atoms with E-state index >= 15 is 0 Å². The minimum absolute atomic E-state index is 0.135. The van der Waals surface area contributed by atoms with Crippen molar-refractivity contribution in [1.82, 2.24) is 10.2 Å². The predicted octanol–water partition coefficient (Wildman–Crippen LogP) is 2.36. The number of halogens is 1. The van der Waals surface area contributed by atoms with Gasteiger partial charge >= 0.3 is 5.97 Å². The first-order valence-electron chi connectivity index (χ1n) is 5.71. The smallest absolute Gasteiger partial charge is 0.336 e. The van der Waals surface area contributed by atoms with Crippen LogP contribution in [-0.4, -0.2) is 29.7 Å². The third-order valence-corrected chi connectivity index (χ3v) is 5.61. The molecule has 1 heterocycles. The summed E-state index contributed by atoms with van der Waals surface area (Å²) in [5.41, 5.74) is -0.135. The summed E-state index contributed by atoms with van der Waals surface area (Å²) in [7, 11) is -3.91. The quantitative estimate of drug-likeness (QED) is 0.809. The van der Waals surface area contributed by atoms with Crippen molar-refractivity contribution in [1.29, 1.82) is 0 Å². The number of carboxylic acid groups (broad SMARTS) is 1. The van der Waals surface area contributed by atoms with E-state index in [9.17, 15) is 13.2 Å². The highest BCUT2D eigenvalue weighted by molar-refractivity contribution is 9.10. The Bertz CT molecular complexity index is 789.